The molecule has 1 N–H and O–H groups in total. The molecule has 1 radical (unpaired) electrons. The second-order valence-corrected chi connectivity index (χ2v) is 2.29. The number of rotatable bonds is 5. The molecule has 0 saturated carbocycles. The van der Waals surface area contributed by atoms with E-state index in [0.717, 1.165) is 13.0 Å². The first-order chi connectivity index (χ1) is 4.81. The predicted octanol–water partition coefficient (Wildman–Crippen LogP) is 1.52. The van der Waals surface area contributed by atoms with Crippen molar-refractivity contribution < 1.29 is 4.79 Å². The minimum Gasteiger partial charge on any atom is -0.356 e. The van der Waals surface area contributed by atoms with Gasteiger partial charge in [0.15, 0.2) is 0 Å². The van der Waals surface area contributed by atoms with E-state index in [1.807, 2.05) is 0 Å². The quantitative estimate of drug-likeness (QED) is 0.579. The third-order valence-electron chi connectivity index (χ3n) is 1.34. The smallest absolute Gasteiger partial charge is 0.223 e. The molecular weight excluding hydrogens is 126 g/mol. The maximum Gasteiger partial charge on any atom is 0.223 e. The Morgan fingerprint density at radius 2 is 2.20 bits per heavy atom. The normalized spacial score (nSPS) is 9.40. The minimum absolute atomic E-state index is 0.0381. The highest BCUT2D eigenvalue weighted by Gasteiger charge is 1.93. The number of amides is 1. The van der Waals surface area contributed by atoms with Gasteiger partial charge in [0.25, 0.3) is 0 Å². The molecule has 2 nitrogen and oxygen atoms in total. The van der Waals surface area contributed by atoms with Gasteiger partial charge in [0.05, 0.1) is 0 Å². The van der Waals surface area contributed by atoms with E-state index < -0.39 is 0 Å². The summed E-state index contributed by atoms with van der Waals surface area (Å²) in [6.45, 7) is 4.71. The first-order valence-corrected chi connectivity index (χ1v) is 3.88. The van der Waals surface area contributed by atoms with Gasteiger partial charge < -0.3 is 5.32 Å². The third kappa shape index (κ3) is 5.60. The number of carbonyl (C=O) groups excluding carboxylic acids is 1. The van der Waals surface area contributed by atoms with Gasteiger partial charge in [0, 0.05) is 13.0 Å². The molecule has 0 aliphatic carbocycles. The molecule has 0 bridgehead atoms. The van der Waals surface area contributed by atoms with Gasteiger partial charge in [-0.2, -0.15) is 0 Å². The van der Waals surface area contributed by atoms with Gasteiger partial charge in [-0.25, -0.2) is 0 Å². The van der Waals surface area contributed by atoms with E-state index in [-0.39, 0.29) is 5.91 Å². The summed E-state index contributed by atoms with van der Waals surface area (Å²) in [5.41, 5.74) is 0. The van der Waals surface area contributed by atoms with Crippen molar-refractivity contribution in [2.45, 2.75) is 33.1 Å². The van der Waals surface area contributed by atoms with Gasteiger partial charge in [-0.05, 0) is 6.42 Å². The van der Waals surface area contributed by atoms with E-state index in [1.165, 1.54) is 12.8 Å². The second kappa shape index (κ2) is 6.59. The van der Waals surface area contributed by atoms with Crippen LogP contribution in [0.2, 0.25) is 0 Å². The number of nitrogens with one attached hydrogen (secondary N) is 1. The number of hydrogen-bond donors (Lipinski definition) is 1. The van der Waals surface area contributed by atoms with Crippen molar-refractivity contribution in [2.75, 3.05) is 6.54 Å². The zero-order chi connectivity index (χ0) is 7.82. The Labute approximate surface area is 63.0 Å². The van der Waals surface area contributed by atoms with E-state index in [4.69, 9.17) is 0 Å². The van der Waals surface area contributed by atoms with Crippen molar-refractivity contribution in [3.05, 3.63) is 6.42 Å². The summed E-state index contributed by atoms with van der Waals surface area (Å²) in [5.74, 6) is 0.0381. The van der Waals surface area contributed by atoms with Gasteiger partial charge in [-0.1, -0.05) is 26.7 Å². The number of hydrogen-bond acceptors (Lipinski definition) is 1. The Morgan fingerprint density at radius 1 is 1.50 bits per heavy atom. The Bertz CT molecular complexity index is 91.3. The zero-order valence-electron chi connectivity index (χ0n) is 6.81. The molecule has 2 heteroatoms. The van der Waals surface area contributed by atoms with Gasteiger partial charge >= 0.3 is 0 Å². The second-order valence-electron chi connectivity index (χ2n) is 2.29. The Morgan fingerprint density at radius 3 is 2.70 bits per heavy atom. The van der Waals surface area contributed by atoms with E-state index in [9.17, 15) is 4.79 Å². The average Bonchev–Trinajstić information content (AvgIpc) is 1.98. The first kappa shape index (κ1) is 9.47. The molecular formula is C8H16NO. The van der Waals surface area contributed by atoms with Crippen LogP contribution in [0.5, 0.6) is 0 Å². The highest BCUT2D eigenvalue weighted by atomic mass is 16.1. The standard InChI is InChI=1S/C8H16NO/c1-3-5-6-7-9-8(10)4-2/h4H,3,5-7H2,1-2H3,(H,9,10). The summed E-state index contributed by atoms with van der Waals surface area (Å²) in [7, 11) is 0. The summed E-state index contributed by atoms with van der Waals surface area (Å²) in [6.07, 6.45) is 5.04. The molecule has 0 aromatic carbocycles. The summed E-state index contributed by atoms with van der Waals surface area (Å²) in [5, 5.41) is 2.77. The molecule has 0 rings (SSSR count). The van der Waals surface area contributed by atoms with E-state index >= 15 is 0 Å². The van der Waals surface area contributed by atoms with Gasteiger partial charge in [-0.15, -0.1) is 0 Å². The lowest BCUT2D eigenvalue weighted by atomic mass is 10.2. The number of unbranched alkanes of at least 4 members (excludes halogenated alkanes) is 2. The van der Waals surface area contributed by atoms with Crippen molar-refractivity contribution in [3.63, 3.8) is 0 Å². The largest absolute Gasteiger partial charge is 0.356 e. The van der Waals surface area contributed by atoms with Crippen LogP contribution in [0, 0.1) is 6.42 Å². The molecule has 10 heavy (non-hydrogen) atoms. The van der Waals surface area contributed by atoms with Crippen LogP contribution >= 0.6 is 0 Å². The summed E-state index contributed by atoms with van der Waals surface area (Å²) >= 11 is 0. The highest BCUT2D eigenvalue weighted by molar-refractivity contribution is 5.83. The lowest BCUT2D eigenvalue weighted by molar-refractivity contribution is -0.117. The molecule has 59 valence electrons. The summed E-state index contributed by atoms with van der Waals surface area (Å²) in [4.78, 5) is 10.6. The van der Waals surface area contributed by atoms with Crippen molar-refractivity contribution in [1.29, 1.82) is 0 Å². The Hall–Kier alpha value is -0.530. The lowest BCUT2D eigenvalue weighted by Gasteiger charge is -2.00. The molecule has 0 unspecified atom stereocenters. The Kier molecular flexibility index (Phi) is 6.24. The summed E-state index contributed by atoms with van der Waals surface area (Å²) < 4.78 is 0. The monoisotopic (exact) mass is 142 g/mol. The fourth-order valence-corrected chi connectivity index (χ4v) is 0.689. The minimum atomic E-state index is 0.0381. The Balaban J connectivity index is 2.96. The molecule has 0 aliphatic heterocycles. The number of carbonyl (C=O) groups is 1. The highest BCUT2D eigenvalue weighted by Crippen LogP contribution is 1.90. The van der Waals surface area contributed by atoms with Crippen LogP contribution in [0.4, 0.5) is 0 Å². The molecule has 0 spiro atoms. The molecule has 0 fully saturated rings. The fourth-order valence-electron chi connectivity index (χ4n) is 0.689. The van der Waals surface area contributed by atoms with Crippen molar-refractivity contribution in [1.82, 2.24) is 5.32 Å². The summed E-state index contributed by atoms with van der Waals surface area (Å²) in [6, 6.07) is 0. The molecule has 0 aliphatic rings. The van der Waals surface area contributed by atoms with Crippen LogP contribution in [-0.2, 0) is 4.79 Å². The molecule has 0 aromatic rings. The first-order valence-electron chi connectivity index (χ1n) is 3.88. The van der Waals surface area contributed by atoms with Crippen LogP contribution in [0.3, 0.4) is 0 Å². The molecule has 0 atom stereocenters. The van der Waals surface area contributed by atoms with Gasteiger partial charge in [0.2, 0.25) is 5.91 Å². The van der Waals surface area contributed by atoms with E-state index in [0.29, 0.717) is 0 Å². The van der Waals surface area contributed by atoms with Crippen molar-refractivity contribution >= 4 is 5.91 Å². The van der Waals surface area contributed by atoms with Crippen LogP contribution in [0.1, 0.15) is 33.1 Å². The lowest BCUT2D eigenvalue weighted by Crippen LogP contribution is -2.23. The van der Waals surface area contributed by atoms with E-state index in [2.05, 4.69) is 12.2 Å². The molecule has 0 aromatic heterocycles. The SMILES string of the molecule is C[CH]C(=O)NCCCCC. The molecule has 1 amide bonds. The maximum atomic E-state index is 10.6. The predicted molar refractivity (Wildman–Crippen MR) is 42.5 cm³/mol. The third-order valence-corrected chi connectivity index (χ3v) is 1.34. The average molecular weight is 142 g/mol. The zero-order valence-corrected chi connectivity index (χ0v) is 6.81. The van der Waals surface area contributed by atoms with Crippen LogP contribution in [0.25, 0.3) is 0 Å². The molecule has 0 saturated heterocycles. The van der Waals surface area contributed by atoms with Gasteiger partial charge in [0.1, 0.15) is 0 Å². The van der Waals surface area contributed by atoms with Crippen LogP contribution < -0.4 is 5.32 Å². The topological polar surface area (TPSA) is 29.1 Å². The molecule has 0 heterocycles. The van der Waals surface area contributed by atoms with E-state index in [1.54, 1.807) is 13.3 Å². The van der Waals surface area contributed by atoms with Crippen molar-refractivity contribution in [2.24, 2.45) is 0 Å². The van der Waals surface area contributed by atoms with Crippen molar-refractivity contribution in [3.8, 4) is 0 Å². The maximum absolute atomic E-state index is 10.6. The fraction of sp³-hybridized carbons (Fsp3) is 0.750. The van der Waals surface area contributed by atoms with Gasteiger partial charge in [-0.3, -0.25) is 4.79 Å². The van der Waals surface area contributed by atoms with Crippen LogP contribution in [-0.4, -0.2) is 12.5 Å². The van der Waals surface area contributed by atoms with Crippen LogP contribution in [0.15, 0.2) is 0 Å².